The number of aliphatic carboxylic acids is 1. The summed E-state index contributed by atoms with van der Waals surface area (Å²) in [4.78, 5) is 13.5. The van der Waals surface area contributed by atoms with Crippen LogP contribution >= 0.6 is 12.6 Å². The summed E-state index contributed by atoms with van der Waals surface area (Å²) < 4.78 is 0. The molecule has 0 aromatic heterocycles. The highest BCUT2D eigenvalue weighted by molar-refractivity contribution is 7.80. The summed E-state index contributed by atoms with van der Waals surface area (Å²) in [5.41, 5.74) is 3.64. The largest absolute Gasteiger partial charge is 0.481 e. The molecule has 1 aliphatic carbocycles. The van der Waals surface area contributed by atoms with Crippen molar-refractivity contribution in [2.75, 3.05) is 6.54 Å². The molecule has 0 amide bonds. The molecule has 0 radical (unpaired) electrons. The summed E-state index contributed by atoms with van der Waals surface area (Å²) in [6, 6.07) is 9.97. The first-order valence-corrected chi connectivity index (χ1v) is 8.66. The van der Waals surface area contributed by atoms with E-state index in [0.717, 1.165) is 37.1 Å². The van der Waals surface area contributed by atoms with Crippen LogP contribution in [0.1, 0.15) is 44.1 Å². The Labute approximate surface area is 142 Å². The SMILES string of the molecule is O=C(O)CC1(CN2C(c3ccccc3)=NNC2S)CCCCC1. The number of hydrogen-bond acceptors (Lipinski definition) is 5. The molecule has 23 heavy (non-hydrogen) atoms. The molecule has 3 rings (SSSR count). The van der Waals surface area contributed by atoms with Crippen LogP contribution in [0.15, 0.2) is 35.4 Å². The van der Waals surface area contributed by atoms with E-state index in [1.165, 1.54) is 6.42 Å². The predicted octanol–water partition coefficient (Wildman–Crippen LogP) is 2.89. The number of nitrogens with zero attached hydrogens (tertiary/aromatic N) is 2. The molecule has 5 nitrogen and oxygen atoms in total. The molecule has 2 aliphatic rings. The van der Waals surface area contributed by atoms with E-state index >= 15 is 0 Å². The average molecular weight is 333 g/mol. The molecule has 6 heteroatoms. The van der Waals surface area contributed by atoms with E-state index in [1.807, 2.05) is 30.3 Å². The number of hydrazone groups is 1. The molecule has 1 aromatic carbocycles. The summed E-state index contributed by atoms with van der Waals surface area (Å²) in [6.07, 6.45) is 5.53. The molecule has 1 saturated carbocycles. The minimum atomic E-state index is -0.715. The number of thiol groups is 1. The van der Waals surface area contributed by atoms with Gasteiger partial charge in [-0.2, -0.15) is 5.10 Å². The van der Waals surface area contributed by atoms with Crippen LogP contribution in [0.2, 0.25) is 0 Å². The van der Waals surface area contributed by atoms with E-state index in [0.29, 0.717) is 6.54 Å². The summed E-state index contributed by atoms with van der Waals surface area (Å²) in [6.45, 7) is 0.675. The molecular weight excluding hydrogens is 310 g/mol. The molecule has 1 aromatic rings. The fourth-order valence-corrected chi connectivity index (χ4v) is 3.97. The van der Waals surface area contributed by atoms with Crippen molar-refractivity contribution in [1.29, 1.82) is 0 Å². The summed E-state index contributed by atoms with van der Waals surface area (Å²) in [5, 5.41) is 13.8. The Morgan fingerprint density at radius 1 is 1.30 bits per heavy atom. The van der Waals surface area contributed by atoms with Crippen LogP contribution in [0.5, 0.6) is 0 Å². The van der Waals surface area contributed by atoms with E-state index in [2.05, 4.69) is 28.1 Å². The zero-order valence-corrected chi connectivity index (χ0v) is 14.0. The van der Waals surface area contributed by atoms with Gasteiger partial charge in [0, 0.05) is 12.1 Å². The van der Waals surface area contributed by atoms with Gasteiger partial charge < -0.3 is 10.0 Å². The Morgan fingerprint density at radius 3 is 2.65 bits per heavy atom. The maximum absolute atomic E-state index is 11.4. The number of carbonyl (C=O) groups is 1. The van der Waals surface area contributed by atoms with Crippen LogP contribution in [0.3, 0.4) is 0 Å². The molecule has 2 N–H and O–H groups in total. The Balaban J connectivity index is 1.83. The lowest BCUT2D eigenvalue weighted by molar-refractivity contribution is -0.140. The van der Waals surface area contributed by atoms with Crippen molar-refractivity contribution >= 4 is 24.4 Å². The smallest absolute Gasteiger partial charge is 0.303 e. The highest BCUT2D eigenvalue weighted by Gasteiger charge is 2.39. The molecule has 1 atom stereocenters. The van der Waals surface area contributed by atoms with Crippen molar-refractivity contribution in [3.05, 3.63) is 35.9 Å². The normalized spacial score (nSPS) is 23.3. The predicted molar refractivity (Wildman–Crippen MR) is 93.4 cm³/mol. The average Bonchev–Trinajstić information content (AvgIpc) is 2.89. The number of carboxylic acids is 1. The van der Waals surface area contributed by atoms with Gasteiger partial charge in [0.1, 0.15) is 0 Å². The van der Waals surface area contributed by atoms with E-state index in [9.17, 15) is 9.90 Å². The van der Waals surface area contributed by atoms with Gasteiger partial charge in [0.15, 0.2) is 11.3 Å². The van der Waals surface area contributed by atoms with E-state index in [-0.39, 0.29) is 17.3 Å². The lowest BCUT2D eigenvalue weighted by Gasteiger charge is -2.40. The molecule has 0 saturated heterocycles. The van der Waals surface area contributed by atoms with Crippen LogP contribution in [-0.2, 0) is 4.79 Å². The third-order valence-electron chi connectivity index (χ3n) is 4.83. The summed E-state index contributed by atoms with van der Waals surface area (Å²) in [5.74, 6) is 0.133. The van der Waals surface area contributed by atoms with Gasteiger partial charge >= 0.3 is 5.97 Å². The van der Waals surface area contributed by atoms with Crippen LogP contribution in [0.4, 0.5) is 0 Å². The van der Waals surface area contributed by atoms with Crippen LogP contribution in [0.25, 0.3) is 0 Å². The lowest BCUT2D eigenvalue weighted by Crippen LogP contribution is -2.46. The Bertz CT molecular complexity index is 585. The second-order valence-corrected chi connectivity index (χ2v) is 7.05. The molecule has 1 unspecified atom stereocenters. The minimum Gasteiger partial charge on any atom is -0.481 e. The molecule has 0 spiro atoms. The second kappa shape index (κ2) is 6.83. The first-order valence-electron chi connectivity index (χ1n) is 8.15. The lowest BCUT2D eigenvalue weighted by atomic mass is 9.71. The quantitative estimate of drug-likeness (QED) is 0.725. The van der Waals surface area contributed by atoms with E-state index < -0.39 is 5.97 Å². The van der Waals surface area contributed by atoms with Crippen LogP contribution < -0.4 is 5.43 Å². The first kappa shape index (κ1) is 16.2. The van der Waals surface area contributed by atoms with Gasteiger partial charge in [-0.1, -0.05) is 49.6 Å². The van der Waals surface area contributed by atoms with Gasteiger partial charge in [0.25, 0.3) is 0 Å². The van der Waals surface area contributed by atoms with Gasteiger partial charge in [-0.15, -0.1) is 12.6 Å². The van der Waals surface area contributed by atoms with Gasteiger partial charge in [-0.25, -0.2) is 0 Å². The monoisotopic (exact) mass is 333 g/mol. The molecule has 1 heterocycles. The van der Waals surface area contributed by atoms with Crippen molar-refractivity contribution in [1.82, 2.24) is 10.3 Å². The van der Waals surface area contributed by atoms with Crippen LogP contribution in [-0.4, -0.2) is 33.9 Å². The molecule has 1 aliphatic heterocycles. The maximum atomic E-state index is 11.4. The molecular formula is C17H23N3O2S. The molecule has 124 valence electrons. The van der Waals surface area contributed by atoms with Crippen molar-refractivity contribution in [3.8, 4) is 0 Å². The number of benzene rings is 1. The zero-order chi connectivity index (χ0) is 16.3. The van der Waals surface area contributed by atoms with Crippen molar-refractivity contribution in [3.63, 3.8) is 0 Å². The van der Waals surface area contributed by atoms with Gasteiger partial charge in [0.2, 0.25) is 0 Å². The zero-order valence-electron chi connectivity index (χ0n) is 13.1. The van der Waals surface area contributed by atoms with Gasteiger partial charge in [-0.3, -0.25) is 10.2 Å². The van der Waals surface area contributed by atoms with Gasteiger partial charge in [-0.05, 0) is 18.3 Å². The van der Waals surface area contributed by atoms with Crippen LogP contribution in [0, 0.1) is 5.41 Å². The van der Waals surface area contributed by atoms with Crippen molar-refractivity contribution < 1.29 is 9.90 Å². The highest BCUT2D eigenvalue weighted by Crippen LogP contribution is 2.41. The molecule has 1 fully saturated rings. The third-order valence-corrected chi connectivity index (χ3v) is 5.23. The standard InChI is InChI=1S/C17H23N3O2S/c21-14(22)11-17(9-5-2-6-10-17)12-20-15(18-19-16(20)23)13-7-3-1-4-8-13/h1,3-4,7-8,16,19,23H,2,5-6,9-12H2,(H,21,22). The van der Waals surface area contributed by atoms with Crippen molar-refractivity contribution in [2.24, 2.45) is 10.5 Å². The van der Waals surface area contributed by atoms with E-state index in [4.69, 9.17) is 0 Å². The summed E-state index contributed by atoms with van der Waals surface area (Å²) >= 11 is 4.58. The number of rotatable bonds is 5. The first-order chi connectivity index (χ1) is 11.1. The third kappa shape index (κ3) is 3.63. The number of carboxylic acid groups (broad SMARTS) is 1. The van der Waals surface area contributed by atoms with Gasteiger partial charge in [0.05, 0.1) is 6.42 Å². The minimum absolute atomic E-state index is 0.188. The fourth-order valence-electron chi connectivity index (χ4n) is 3.72. The Hall–Kier alpha value is -1.69. The van der Waals surface area contributed by atoms with E-state index in [1.54, 1.807) is 0 Å². The van der Waals surface area contributed by atoms with Crippen molar-refractivity contribution in [2.45, 2.75) is 44.0 Å². The molecule has 0 bridgehead atoms. The Kier molecular flexibility index (Phi) is 4.80. The maximum Gasteiger partial charge on any atom is 0.303 e. The second-order valence-electron chi connectivity index (χ2n) is 6.56. The number of hydrogen-bond donors (Lipinski definition) is 3. The number of nitrogens with one attached hydrogen (secondary N) is 1. The highest BCUT2D eigenvalue weighted by atomic mass is 32.1. The number of amidine groups is 1. The summed E-state index contributed by atoms with van der Waals surface area (Å²) in [7, 11) is 0. The topological polar surface area (TPSA) is 64.9 Å². The fraction of sp³-hybridized carbons (Fsp3) is 0.529. The Morgan fingerprint density at radius 2 is 2.00 bits per heavy atom.